The summed E-state index contributed by atoms with van der Waals surface area (Å²) in [5.41, 5.74) is 1.62. The van der Waals surface area contributed by atoms with Gasteiger partial charge in [-0.3, -0.25) is 4.79 Å². The predicted octanol–water partition coefficient (Wildman–Crippen LogP) is 1.96. The lowest BCUT2D eigenvalue weighted by Crippen LogP contribution is -2.37. The second kappa shape index (κ2) is 7.09. The van der Waals surface area contributed by atoms with E-state index in [4.69, 9.17) is 4.74 Å². The van der Waals surface area contributed by atoms with E-state index in [1.165, 1.54) is 25.9 Å². The Kier molecular flexibility index (Phi) is 4.93. The summed E-state index contributed by atoms with van der Waals surface area (Å²) in [7, 11) is 0. The maximum atomic E-state index is 12.2. The first-order valence-corrected chi connectivity index (χ1v) is 8.42. The molecule has 1 aromatic heterocycles. The first kappa shape index (κ1) is 15.3. The van der Waals surface area contributed by atoms with E-state index in [1.807, 2.05) is 24.0 Å². The Morgan fingerprint density at radius 1 is 1.23 bits per heavy atom. The molecule has 0 saturated carbocycles. The Morgan fingerprint density at radius 2 is 2.05 bits per heavy atom. The molecule has 0 atom stereocenters. The number of rotatable bonds is 6. The molecule has 3 heterocycles. The highest BCUT2D eigenvalue weighted by Crippen LogP contribution is 2.20. The van der Waals surface area contributed by atoms with Gasteiger partial charge in [-0.1, -0.05) is 0 Å². The Balaban J connectivity index is 1.52. The monoisotopic (exact) mass is 303 g/mol. The molecular formula is C17H25N3O2. The number of pyridine rings is 1. The van der Waals surface area contributed by atoms with Crippen LogP contribution in [0.4, 0.5) is 0 Å². The number of aromatic nitrogens is 1. The van der Waals surface area contributed by atoms with Crippen molar-refractivity contribution < 1.29 is 9.53 Å². The van der Waals surface area contributed by atoms with E-state index in [-0.39, 0.29) is 5.91 Å². The molecule has 1 aromatic rings. The molecule has 1 amide bonds. The SMILES string of the molecule is CCN1CCc2nc(OCCCN3CCCC3)ccc2C1=O. The van der Waals surface area contributed by atoms with Crippen LogP contribution in [0.3, 0.4) is 0 Å². The van der Waals surface area contributed by atoms with Crippen molar-refractivity contribution >= 4 is 5.91 Å². The molecule has 5 heteroatoms. The molecule has 22 heavy (non-hydrogen) atoms. The second-order valence-corrected chi connectivity index (χ2v) is 6.03. The fourth-order valence-electron chi connectivity index (χ4n) is 3.23. The maximum absolute atomic E-state index is 12.2. The van der Waals surface area contributed by atoms with Gasteiger partial charge >= 0.3 is 0 Å². The van der Waals surface area contributed by atoms with Gasteiger partial charge in [0.2, 0.25) is 5.88 Å². The lowest BCUT2D eigenvalue weighted by Gasteiger charge is -2.26. The standard InChI is InChI=1S/C17H25N3O2/c1-2-20-12-8-15-14(17(20)21)6-7-16(18-15)22-13-5-11-19-9-3-4-10-19/h6-7H,2-5,8-13H2,1H3. The first-order valence-electron chi connectivity index (χ1n) is 8.42. The minimum absolute atomic E-state index is 0.0943. The van der Waals surface area contributed by atoms with Crippen LogP contribution in [0.2, 0.25) is 0 Å². The van der Waals surface area contributed by atoms with Gasteiger partial charge in [-0.15, -0.1) is 0 Å². The normalized spacial score (nSPS) is 18.6. The molecule has 2 aliphatic heterocycles. The zero-order chi connectivity index (χ0) is 15.4. The lowest BCUT2D eigenvalue weighted by atomic mass is 10.1. The van der Waals surface area contributed by atoms with E-state index in [2.05, 4.69) is 9.88 Å². The van der Waals surface area contributed by atoms with E-state index in [0.29, 0.717) is 12.5 Å². The maximum Gasteiger partial charge on any atom is 0.255 e. The van der Waals surface area contributed by atoms with Gasteiger partial charge in [0.05, 0.1) is 17.9 Å². The van der Waals surface area contributed by atoms with E-state index in [1.54, 1.807) is 0 Å². The van der Waals surface area contributed by atoms with Crippen LogP contribution in [-0.4, -0.2) is 60.0 Å². The molecule has 0 bridgehead atoms. The number of likely N-dealkylation sites (tertiary alicyclic amines) is 1. The quantitative estimate of drug-likeness (QED) is 0.754. The number of fused-ring (bicyclic) bond motifs is 1. The number of likely N-dealkylation sites (N-methyl/N-ethyl adjacent to an activating group) is 1. The minimum atomic E-state index is 0.0943. The third-order valence-electron chi connectivity index (χ3n) is 4.53. The lowest BCUT2D eigenvalue weighted by molar-refractivity contribution is 0.0747. The van der Waals surface area contributed by atoms with Gasteiger partial charge in [0.1, 0.15) is 0 Å². The number of hydrogen-bond donors (Lipinski definition) is 0. The van der Waals surface area contributed by atoms with E-state index in [9.17, 15) is 4.79 Å². The van der Waals surface area contributed by atoms with Crippen molar-refractivity contribution in [2.24, 2.45) is 0 Å². The predicted molar refractivity (Wildman–Crippen MR) is 85.3 cm³/mol. The van der Waals surface area contributed by atoms with Gasteiger partial charge in [-0.05, 0) is 45.3 Å². The molecule has 0 spiro atoms. The summed E-state index contributed by atoms with van der Waals surface area (Å²) < 4.78 is 5.76. The molecule has 1 saturated heterocycles. The second-order valence-electron chi connectivity index (χ2n) is 6.03. The fraction of sp³-hybridized carbons (Fsp3) is 0.647. The van der Waals surface area contributed by atoms with Gasteiger partial charge in [-0.2, -0.15) is 0 Å². The fourth-order valence-corrected chi connectivity index (χ4v) is 3.23. The Bertz CT molecular complexity index is 527. The number of hydrogen-bond acceptors (Lipinski definition) is 4. The average Bonchev–Trinajstić information content (AvgIpc) is 3.05. The largest absolute Gasteiger partial charge is 0.478 e. The van der Waals surface area contributed by atoms with Crippen LogP contribution < -0.4 is 4.74 Å². The van der Waals surface area contributed by atoms with Crippen molar-refractivity contribution in [2.45, 2.75) is 32.6 Å². The van der Waals surface area contributed by atoms with Crippen molar-refractivity contribution in [1.82, 2.24) is 14.8 Å². The van der Waals surface area contributed by atoms with Crippen LogP contribution in [0.25, 0.3) is 0 Å². The van der Waals surface area contributed by atoms with Gasteiger partial charge in [-0.25, -0.2) is 4.98 Å². The van der Waals surface area contributed by atoms with Crippen LogP contribution >= 0.6 is 0 Å². The van der Waals surface area contributed by atoms with Gasteiger partial charge in [0.15, 0.2) is 0 Å². The van der Waals surface area contributed by atoms with Crippen LogP contribution in [0, 0.1) is 0 Å². The molecule has 0 N–H and O–H groups in total. The molecular weight excluding hydrogens is 278 g/mol. The zero-order valence-electron chi connectivity index (χ0n) is 13.4. The van der Waals surface area contributed by atoms with Crippen molar-refractivity contribution in [3.8, 4) is 5.88 Å². The summed E-state index contributed by atoms with van der Waals surface area (Å²) >= 11 is 0. The summed E-state index contributed by atoms with van der Waals surface area (Å²) in [6, 6.07) is 3.69. The molecule has 0 unspecified atom stereocenters. The van der Waals surface area contributed by atoms with E-state index < -0.39 is 0 Å². The highest BCUT2D eigenvalue weighted by molar-refractivity contribution is 5.96. The summed E-state index contributed by atoms with van der Waals surface area (Å²) in [4.78, 5) is 21.1. The first-order chi connectivity index (χ1) is 10.8. The topological polar surface area (TPSA) is 45.7 Å². The molecule has 3 rings (SSSR count). The van der Waals surface area contributed by atoms with Crippen molar-refractivity contribution in [3.05, 3.63) is 23.4 Å². The van der Waals surface area contributed by atoms with Crippen molar-refractivity contribution in [2.75, 3.05) is 39.3 Å². The van der Waals surface area contributed by atoms with E-state index in [0.717, 1.165) is 43.7 Å². The summed E-state index contributed by atoms with van der Waals surface area (Å²) in [5.74, 6) is 0.745. The van der Waals surface area contributed by atoms with Crippen molar-refractivity contribution in [1.29, 1.82) is 0 Å². The molecule has 0 radical (unpaired) electrons. The smallest absolute Gasteiger partial charge is 0.255 e. The van der Waals surface area contributed by atoms with Crippen LogP contribution in [-0.2, 0) is 6.42 Å². The zero-order valence-corrected chi connectivity index (χ0v) is 13.4. The Morgan fingerprint density at radius 3 is 2.82 bits per heavy atom. The molecule has 5 nitrogen and oxygen atoms in total. The number of nitrogens with zero attached hydrogens (tertiary/aromatic N) is 3. The Labute approximate surface area is 132 Å². The van der Waals surface area contributed by atoms with Crippen LogP contribution in [0.15, 0.2) is 12.1 Å². The molecule has 0 aromatic carbocycles. The van der Waals surface area contributed by atoms with Crippen LogP contribution in [0.1, 0.15) is 42.2 Å². The summed E-state index contributed by atoms with van der Waals surface area (Å²) in [5, 5.41) is 0. The number of ether oxygens (including phenoxy) is 1. The van der Waals surface area contributed by atoms with Gasteiger partial charge in [0.25, 0.3) is 5.91 Å². The Hall–Kier alpha value is -1.62. The number of amides is 1. The summed E-state index contributed by atoms with van der Waals surface area (Å²) in [6.45, 7) is 7.78. The van der Waals surface area contributed by atoms with Gasteiger partial charge < -0.3 is 14.5 Å². The highest BCUT2D eigenvalue weighted by Gasteiger charge is 2.24. The average molecular weight is 303 g/mol. The van der Waals surface area contributed by atoms with Crippen molar-refractivity contribution in [3.63, 3.8) is 0 Å². The molecule has 120 valence electrons. The van der Waals surface area contributed by atoms with Crippen LogP contribution in [0.5, 0.6) is 5.88 Å². The molecule has 1 fully saturated rings. The highest BCUT2D eigenvalue weighted by atomic mass is 16.5. The number of carbonyl (C=O) groups excluding carboxylic acids is 1. The number of carbonyl (C=O) groups is 1. The van der Waals surface area contributed by atoms with E-state index >= 15 is 0 Å². The molecule has 2 aliphatic rings. The molecule has 0 aliphatic carbocycles. The third-order valence-corrected chi connectivity index (χ3v) is 4.53. The van der Waals surface area contributed by atoms with Gasteiger partial charge in [0, 0.05) is 32.1 Å². The summed E-state index contributed by atoms with van der Waals surface area (Å²) in [6.07, 6.45) is 4.51. The third kappa shape index (κ3) is 3.40. The minimum Gasteiger partial charge on any atom is -0.478 e.